The van der Waals surface area contributed by atoms with Crippen LogP contribution in [0.2, 0.25) is 0 Å². The number of methoxy groups -OCH3 is 1. The maximum Gasteiger partial charge on any atom is 0.407 e. The van der Waals surface area contributed by atoms with Crippen molar-refractivity contribution in [3.8, 4) is 22.6 Å². The fourth-order valence-corrected chi connectivity index (χ4v) is 7.08. The van der Waals surface area contributed by atoms with Gasteiger partial charge in [-0.1, -0.05) is 90.9 Å². The van der Waals surface area contributed by atoms with Crippen LogP contribution in [0.15, 0.2) is 66.7 Å². The molecule has 0 bridgehead atoms. The molecule has 0 heterocycles. The molecule has 0 fully saturated rings. The molecule has 0 saturated heterocycles. The minimum atomic E-state index is -0.938. The minimum absolute atomic E-state index is 0.0438. The van der Waals surface area contributed by atoms with Crippen LogP contribution >= 0.6 is 21.6 Å². The third-order valence-electron chi connectivity index (χ3n) is 6.74. The number of carbonyl (C=O) groups excluding carboxylic acids is 3. The highest BCUT2D eigenvalue weighted by Crippen LogP contribution is 2.44. The monoisotopic (exact) mass is 638 g/mol. The molecule has 3 aromatic carbocycles. The minimum Gasteiger partial charge on any atom is -0.496 e. The zero-order valence-corrected chi connectivity index (χ0v) is 27.1. The number of rotatable bonds is 13. The van der Waals surface area contributed by atoms with Crippen molar-refractivity contribution in [3.63, 3.8) is 0 Å². The predicted octanol–water partition coefficient (Wildman–Crippen LogP) is 5.95. The predicted molar refractivity (Wildman–Crippen MR) is 174 cm³/mol. The normalized spacial score (nSPS) is 12.8. The highest BCUT2D eigenvalue weighted by molar-refractivity contribution is 8.77. The molecular weight excluding hydrogens is 601 g/mol. The smallest absolute Gasteiger partial charge is 0.407 e. The number of alkyl carbamates (subject to hydrolysis) is 1. The molecule has 1 atom stereocenters. The molecule has 9 nitrogen and oxygen atoms in total. The van der Waals surface area contributed by atoms with E-state index in [9.17, 15) is 14.4 Å². The van der Waals surface area contributed by atoms with E-state index >= 15 is 0 Å². The van der Waals surface area contributed by atoms with Crippen LogP contribution in [0.3, 0.4) is 0 Å². The Balaban J connectivity index is 1.39. The molecule has 0 spiro atoms. The van der Waals surface area contributed by atoms with Crippen molar-refractivity contribution < 1.29 is 33.3 Å². The SMILES string of the molecule is CNC(=O)COc1ccc(COC(=O)[C@H](CSSC(C)(C)C)NC(=O)OCC2c3ccccc3-c3ccccc32)c(OC)c1. The van der Waals surface area contributed by atoms with Gasteiger partial charge in [0.15, 0.2) is 6.61 Å². The van der Waals surface area contributed by atoms with Gasteiger partial charge in [-0.2, -0.15) is 0 Å². The fourth-order valence-electron chi connectivity index (χ4n) is 4.63. The number of likely N-dealkylation sites (N-methyl/N-ethyl adjacent to an activating group) is 1. The van der Waals surface area contributed by atoms with Crippen LogP contribution < -0.4 is 20.1 Å². The summed E-state index contributed by atoms with van der Waals surface area (Å²) < 4.78 is 22.2. The van der Waals surface area contributed by atoms with Crippen molar-refractivity contribution in [2.45, 2.75) is 44.1 Å². The van der Waals surface area contributed by atoms with Gasteiger partial charge < -0.3 is 29.6 Å². The van der Waals surface area contributed by atoms with Crippen molar-refractivity contribution in [3.05, 3.63) is 83.4 Å². The van der Waals surface area contributed by atoms with Gasteiger partial charge in [-0.05, 0) is 34.4 Å². The summed E-state index contributed by atoms with van der Waals surface area (Å²) in [6.45, 7) is 6.14. The molecule has 0 saturated carbocycles. The van der Waals surface area contributed by atoms with Crippen LogP contribution in [0, 0.1) is 0 Å². The summed E-state index contributed by atoms with van der Waals surface area (Å²) in [7, 11) is 6.10. The zero-order valence-electron chi connectivity index (χ0n) is 25.5. The highest BCUT2D eigenvalue weighted by atomic mass is 33.1. The standard InChI is InChI=1S/C33H38N2O7S2/c1-33(2,3)44-43-20-28(31(37)41-17-21-14-15-22(16-29(21)39-5)40-19-30(36)34-4)35-32(38)42-18-27-25-12-8-6-10-23(25)24-11-7-9-13-26(24)27/h6-16,27-28H,17-20H2,1-5H3,(H,34,36)(H,35,38)/t28-/m0/s1. The molecule has 2 N–H and O–H groups in total. The Morgan fingerprint density at radius 2 is 1.59 bits per heavy atom. The van der Waals surface area contributed by atoms with Crippen LogP contribution in [0.5, 0.6) is 11.5 Å². The molecule has 0 radical (unpaired) electrons. The first-order chi connectivity index (χ1) is 21.1. The fraction of sp³-hybridized carbons (Fsp3) is 0.364. The molecule has 0 unspecified atom stereocenters. The van der Waals surface area contributed by atoms with Crippen molar-refractivity contribution in [2.75, 3.05) is 33.1 Å². The lowest BCUT2D eigenvalue weighted by molar-refractivity contribution is -0.146. The highest BCUT2D eigenvalue weighted by Gasteiger charge is 2.30. The molecule has 11 heteroatoms. The van der Waals surface area contributed by atoms with Crippen molar-refractivity contribution in [1.82, 2.24) is 10.6 Å². The van der Waals surface area contributed by atoms with Gasteiger partial charge in [0.1, 0.15) is 30.8 Å². The molecule has 1 aliphatic carbocycles. The van der Waals surface area contributed by atoms with E-state index < -0.39 is 18.1 Å². The third-order valence-corrected chi connectivity index (χ3v) is 10.1. The van der Waals surface area contributed by atoms with E-state index in [2.05, 4.69) is 55.7 Å². The van der Waals surface area contributed by atoms with Crippen LogP contribution in [-0.2, 0) is 25.7 Å². The summed E-state index contributed by atoms with van der Waals surface area (Å²) in [6.07, 6.45) is -0.689. The molecule has 0 aromatic heterocycles. The van der Waals surface area contributed by atoms with E-state index in [0.717, 1.165) is 22.3 Å². The van der Waals surface area contributed by atoms with Gasteiger partial charge in [0.25, 0.3) is 5.91 Å². The summed E-state index contributed by atoms with van der Waals surface area (Å²) in [5, 5.41) is 5.21. The Kier molecular flexibility index (Phi) is 11.5. The van der Waals surface area contributed by atoms with E-state index in [1.807, 2.05) is 24.3 Å². The van der Waals surface area contributed by atoms with E-state index in [4.69, 9.17) is 18.9 Å². The Labute approximate surface area is 266 Å². The van der Waals surface area contributed by atoms with E-state index in [-0.39, 0.29) is 42.1 Å². The first-order valence-electron chi connectivity index (χ1n) is 14.2. The summed E-state index contributed by atoms with van der Waals surface area (Å²) in [5.41, 5.74) is 5.08. The van der Waals surface area contributed by atoms with Crippen LogP contribution in [0.1, 0.15) is 43.4 Å². The van der Waals surface area contributed by atoms with E-state index in [0.29, 0.717) is 17.1 Å². The van der Waals surface area contributed by atoms with Crippen LogP contribution in [0.25, 0.3) is 11.1 Å². The third kappa shape index (κ3) is 8.86. The van der Waals surface area contributed by atoms with Gasteiger partial charge in [0, 0.05) is 35.1 Å². The second-order valence-electron chi connectivity index (χ2n) is 11.0. The molecule has 234 valence electrons. The first kappa shape index (κ1) is 33.1. The number of fused-ring (bicyclic) bond motifs is 3. The Morgan fingerprint density at radius 1 is 0.932 bits per heavy atom. The van der Waals surface area contributed by atoms with E-state index in [1.165, 1.54) is 25.0 Å². The van der Waals surface area contributed by atoms with Gasteiger partial charge >= 0.3 is 12.1 Å². The van der Waals surface area contributed by atoms with Crippen molar-refractivity contribution >= 4 is 39.6 Å². The van der Waals surface area contributed by atoms with E-state index in [1.54, 1.807) is 29.0 Å². The van der Waals surface area contributed by atoms with Crippen LogP contribution in [-0.4, -0.2) is 61.9 Å². The molecule has 44 heavy (non-hydrogen) atoms. The number of amides is 2. The average molecular weight is 639 g/mol. The van der Waals surface area contributed by atoms with Gasteiger partial charge in [0.2, 0.25) is 0 Å². The maximum absolute atomic E-state index is 13.2. The molecule has 2 amide bonds. The number of ether oxygens (including phenoxy) is 4. The summed E-state index contributed by atoms with van der Waals surface area (Å²) in [4.78, 5) is 37.8. The number of nitrogens with one attached hydrogen (secondary N) is 2. The number of carbonyl (C=O) groups is 3. The quantitative estimate of drug-likeness (QED) is 0.173. The Morgan fingerprint density at radius 3 is 2.20 bits per heavy atom. The Bertz CT molecular complexity index is 1430. The van der Waals surface area contributed by atoms with Crippen LogP contribution in [0.4, 0.5) is 4.79 Å². The number of esters is 1. The van der Waals surface area contributed by atoms with Gasteiger partial charge in [-0.25, -0.2) is 9.59 Å². The molecule has 0 aliphatic heterocycles. The topological polar surface area (TPSA) is 112 Å². The zero-order chi connectivity index (χ0) is 31.7. The molecule has 4 rings (SSSR count). The summed E-state index contributed by atoms with van der Waals surface area (Å²) >= 11 is 0. The Hall–Kier alpha value is -3.83. The second kappa shape index (κ2) is 15.3. The van der Waals surface area contributed by atoms with Gasteiger partial charge in [-0.15, -0.1) is 0 Å². The van der Waals surface area contributed by atoms with Crippen molar-refractivity contribution in [1.29, 1.82) is 0 Å². The first-order valence-corrected chi connectivity index (χ1v) is 16.5. The van der Waals surface area contributed by atoms with Gasteiger partial charge in [0.05, 0.1) is 7.11 Å². The largest absolute Gasteiger partial charge is 0.496 e. The molecular formula is C33H38N2O7S2. The lowest BCUT2D eigenvalue weighted by atomic mass is 9.98. The molecule has 3 aromatic rings. The summed E-state index contributed by atoms with van der Waals surface area (Å²) in [6, 6.07) is 20.3. The maximum atomic E-state index is 13.2. The number of hydrogen-bond acceptors (Lipinski definition) is 9. The number of benzene rings is 3. The lowest BCUT2D eigenvalue weighted by Crippen LogP contribution is -2.44. The lowest BCUT2D eigenvalue weighted by Gasteiger charge is -2.21. The molecule has 1 aliphatic rings. The van der Waals surface area contributed by atoms with Crippen molar-refractivity contribution in [2.24, 2.45) is 0 Å². The number of hydrogen-bond donors (Lipinski definition) is 2. The van der Waals surface area contributed by atoms with Gasteiger partial charge in [-0.3, -0.25) is 4.79 Å². The summed E-state index contributed by atoms with van der Waals surface area (Å²) in [5.74, 6) is 0.202. The second-order valence-corrected chi connectivity index (χ2v) is 14.2. The average Bonchev–Trinajstić information content (AvgIpc) is 3.34.